The van der Waals surface area contributed by atoms with E-state index in [0.717, 1.165) is 5.92 Å². The summed E-state index contributed by atoms with van der Waals surface area (Å²) < 4.78 is 0. The van der Waals surface area contributed by atoms with Crippen molar-refractivity contribution in [1.29, 1.82) is 0 Å². The minimum atomic E-state index is 0.337. The number of anilines is 1. The SMILES string of the molecule is CN(C)c1ccc(C2NN=C3C4CCN(CC4)C32)cc1. The Morgan fingerprint density at radius 1 is 1.15 bits per heavy atom. The first-order valence-electron chi connectivity index (χ1n) is 7.58. The minimum absolute atomic E-state index is 0.337. The van der Waals surface area contributed by atoms with Crippen LogP contribution in [0.3, 0.4) is 0 Å². The van der Waals surface area contributed by atoms with E-state index in [-0.39, 0.29) is 0 Å². The molecule has 0 radical (unpaired) electrons. The molecule has 4 nitrogen and oxygen atoms in total. The maximum Gasteiger partial charge on any atom is 0.0899 e. The van der Waals surface area contributed by atoms with E-state index in [9.17, 15) is 0 Å². The van der Waals surface area contributed by atoms with Crippen LogP contribution in [-0.4, -0.2) is 43.8 Å². The Bertz CT molecular complexity index is 526. The van der Waals surface area contributed by atoms with Gasteiger partial charge in [0.2, 0.25) is 0 Å². The highest BCUT2D eigenvalue weighted by Gasteiger charge is 2.46. The zero-order valence-corrected chi connectivity index (χ0v) is 12.2. The molecule has 0 spiro atoms. The molecule has 4 heteroatoms. The number of hydrogen-bond acceptors (Lipinski definition) is 4. The molecule has 0 saturated carbocycles. The molecule has 1 aromatic carbocycles. The Morgan fingerprint density at radius 2 is 1.85 bits per heavy atom. The molecule has 2 unspecified atom stereocenters. The molecule has 3 fully saturated rings. The predicted octanol–water partition coefficient (Wildman–Crippen LogP) is 1.85. The summed E-state index contributed by atoms with van der Waals surface area (Å²) in [5.74, 6) is 0.726. The Hall–Kier alpha value is -1.55. The van der Waals surface area contributed by atoms with Crippen molar-refractivity contribution >= 4 is 11.4 Å². The van der Waals surface area contributed by atoms with Crippen molar-refractivity contribution in [2.24, 2.45) is 11.0 Å². The van der Waals surface area contributed by atoms with Crippen LogP contribution in [0.2, 0.25) is 0 Å². The molecule has 3 saturated heterocycles. The summed E-state index contributed by atoms with van der Waals surface area (Å²) in [7, 11) is 4.16. The molecule has 0 aromatic heterocycles. The molecule has 4 aliphatic rings. The smallest absolute Gasteiger partial charge is 0.0899 e. The normalized spacial score (nSPS) is 34.4. The molecule has 1 aromatic rings. The maximum atomic E-state index is 4.67. The second-order valence-electron chi connectivity index (χ2n) is 6.38. The molecule has 2 bridgehead atoms. The summed E-state index contributed by atoms with van der Waals surface area (Å²) >= 11 is 0. The van der Waals surface area contributed by atoms with Crippen LogP contribution in [0.25, 0.3) is 0 Å². The van der Waals surface area contributed by atoms with Crippen molar-refractivity contribution < 1.29 is 0 Å². The highest BCUT2D eigenvalue weighted by Crippen LogP contribution is 2.39. The van der Waals surface area contributed by atoms with Crippen LogP contribution in [-0.2, 0) is 0 Å². The average molecular weight is 270 g/mol. The van der Waals surface area contributed by atoms with E-state index >= 15 is 0 Å². The molecular formula is C16H22N4. The minimum Gasteiger partial charge on any atom is -0.378 e. The van der Waals surface area contributed by atoms with Gasteiger partial charge >= 0.3 is 0 Å². The Kier molecular flexibility index (Phi) is 2.74. The summed E-state index contributed by atoms with van der Waals surface area (Å²) in [4.78, 5) is 4.75. The van der Waals surface area contributed by atoms with Gasteiger partial charge in [0, 0.05) is 25.7 Å². The summed E-state index contributed by atoms with van der Waals surface area (Å²) in [5.41, 5.74) is 7.41. The highest BCUT2D eigenvalue weighted by atomic mass is 15.4. The fourth-order valence-electron chi connectivity index (χ4n) is 3.89. The van der Waals surface area contributed by atoms with Crippen LogP contribution in [0.1, 0.15) is 24.4 Å². The number of benzene rings is 1. The third-order valence-corrected chi connectivity index (χ3v) is 5.06. The van der Waals surface area contributed by atoms with Crippen molar-refractivity contribution in [3.05, 3.63) is 29.8 Å². The van der Waals surface area contributed by atoms with Crippen LogP contribution in [0.5, 0.6) is 0 Å². The zero-order valence-electron chi connectivity index (χ0n) is 12.2. The molecule has 106 valence electrons. The lowest BCUT2D eigenvalue weighted by atomic mass is 9.78. The monoisotopic (exact) mass is 270 g/mol. The largest absolute Gasteiger partial charge is 0.378 e. The van der Waals surface area contributed by atoms with Crippen LogP contribution in [0, 0.1) is 5.92 Å². The fraction of sp³-hybridized carbons (Fsp3) is 0.562. The molecule has 4 aliphatic heterocycles. The van der Waals surface area contributed by atoms with E-state index in [0.29, 0.717) is 12.1 Å². The van der Waals surface area contributed by atoms with Gasteiger partial charge in [0.25, 0.3) is 0 Å². The van der Waals surface area contributed by atoms with Gasteiger partial charge in [-0.1, -0.05) is 12.1 Å². The molecule has 0 amide bonds. The second kappa shape index (κ2) is 4.48. The number of hydrogen-bond donors (Lipinski definition) is 1. The molecule has 0 aliphatic carbocycles. The summed E-state index contributed by atoms with van der Waals surface area (Å²) in [6, 6.07) is 9.72. The Labute approximate surface area is 120 Å². The van der Waals surface area contributed by atoms with Crippen molar-refractivity contribution in [3.63, 3.8) is 0 Å². The Morgan fingerprint density at radius 3 is 2.50 bits per heavy atom. The molecule has 5 rings (SSSR count). The number of nitrogens with one attached hydrogen (secondary N) is 1. The standard InChI is InChI=1S/C16H22N4/c1-19(2)13-5-3-11(4-6-13)14-16-15(18-17-14)12-7-9-20(16)10-8-12/h3-6,12,14,16-17H,7-10H2,1-2H3. The van der Waals surface area contributed by atoms with Crippen LogP contribution < -0.4 is 10.3 Å². The van der Waals surface area contributed by atoms with E-state index in [4.69, 9.17) is 0 Å². The first kappa shape index (κ1) is 12.2. The van der Waals surface area contributed by atoms with E-state index in [1.54, 1.807) is 0 Å². The van der Waals surface area contributed by atoms with Crippen LogP contribution in [0.15, 0.2) is 29.4 Å². The van der Waals surface area contributed by atoms with E-state index in [1.807, 2.05) is 0 Å². The van der Waals surface area contributed by atoms with Gasteiger partial charge in [0.1, 0.15) is 0 Å². The van der Waals surface area contributed by atoms with Gasteiger partial charge in [-0.05, 0) is 43.6 Å². The number of piperidine rings is 3. The summed E-state index contributed by atoms with van der Waals surface area (Å²) in [5, 5.41) is 4.67. The van der Waals surface area contributed by atoms with Gasteiger partial charge in [-0.3, -0.25) is 4.90 Å². The zero-order chi connectivity index (χ0) is 13.7. The van der Waals surface area contributed by atoms with Crippen molar-refractivity contribution in [2.45, 2.75) is 24.9 Å². The quantitative estimate of drug-likeness (QED) is 0.890. The van der Waals surface area contributed by atoms with Gasteiger partial charge in [-0.2, -0.15) is 5.10 Å². The van der Waals surface area contributed by atoms with Gasteiger partial charge < -0.3 is 10.3 Å². The van der Waals surface area contributed by atoms with Crippen LogP contribution >= 0.6 is 0 Å². The van der Waals surface area contributed by atoms with Gasteiger partial charge in [0.15, 0.2) is 0 Å². The number of hydrazone groups is 1. The Balaban J connectivity index is 1.61. The lowest BCUT2D eigenvalue weighted by Gasteiger charge is -2.45. The first-order chi connectivity index (χ1) is 9.74. The van der Waals surface area contributed by atoms with E-state index in [1.165, 1.54) is 42.9 Å². The van der Waals surface area contributed by atoms with Gasteiger partial charge in [-0.25, -0.2) is 0 Å². The number of fused-ring (bicyclic) bond motifs is 2. The van der Waals surface area contributed by atoms with Crippen molar-refractivity contribution in [2.75, 3.05) is 32.1 Å². The number of nitrogens with zero attached hydrogens (tertiary/aromatic N) is 3. The van der Waals surface area contributed by atoms with E-state index in [2.05, 4.69) is 58.7 Å². The molecular weight excluding hydrogens is 248 g/mol. The van der Waals surface area contributed by atoms with Gasteiger partial charge in [-0.15, -0.1) is 0 Å². The lowest BCUT2D eigenvalue weighted by molar-refractivity contribution is 0.133. The summed E-state index contributed by atoms with van der Waals surface area (Å²) in [6.45, 7) is 2.48. The molecule has 1 N–H and O–H groups in total. The van der Waals surface area contributed by atoms with Gasteiger partial charge in [0.05, 0.1) is 17.8 Å². The summed E-state index contributed by atoms with van der Waals surface area (Å²) in [6.07, 6.45) is 2.59. The molecule has 4 heterocycles. The number of rotatable bonds is 2. The third-order valence-electron chi connectivity index (χ3n) is 5.06. The maximum absolute atomic E-state index is 4.67. The molecule has 20 heavy (non-hydrogen) atoms. The second-order valence-corrected chi connectivity index (χ2v) is 6.38. The topological polar surface area (TPSA) is 30.9 Å². The molecule has 2 atom stereocenters. The fourth-order valence-corrected chi connectivity index (χ4v) is 3.89. The average Bonchev–Trinajstić information content (AvgIpc) is 2.95. The predicted molar refractivity (Wildman–Crippen MR) is 82.2 cm³/mol. The lowest BCUT2D eigenvalue weighted by Crippen LogP contribution is -2.56. The third kappa shape index (κ3) is 1.74. The van der Waals surface area contributed by atoms with Crippen molar-refractivity contribution in [1.82, 2.24) is 10.3 Å². The first-order valence-corrected chi connectivity index (χ1v) is 7.58. The van der Waals surface area contributed by atoms with Crippen molar-refractivity contribution in [3.8, 4) is 0 Å². The highest BCUT2D eigenvalue weighted by molar-refractivity contribution is 5.95. The van der Waals surface area contributed by atoms with Crippen LogP contribution in [0.4, 0.5) is 5.69 Å². The van der Waals surface area contributed by atoms with E-state index < -0.39 is 0 Å².